The van der Waals surface area contributed by atoms with Crippen molar-refractivity contribution in [3.05, 3.63) is 0 Å². The Balaban J connectivity index is 4.85. The van der Waals surface area contributed by atoms with Gasteiger partial charge in [-0.2, -0.15) is 0 Å². The van der Waals surface area contributed by atoms with Gasteiger partial charge in [0.1, 0.15) is 5.41 Å². The van der Waals surface area contributed by atoms with Crippen molar-refractivity contribution in [2.45, 2.75) is 0 Å². The molecule has 0 aliphatic carbocycles. The summed E-state index contributed by atoms with van der Waals surface area (Å²) >= 11 is 0. The van der Waals surface area contributed by atoms with Crippen LogP contribution in [0.1, 0.15) is 0 Å². The Morgan fingerprint density at radius 1 is 0.476 bits per heavy atom. The summed E-state index contributed by atoms with van der Waals surface area (Å²) in [7, 11) is -10.8. The second-order valence-corrected chi connectivity index (χ2v) is 5.65. The van der Waals surface area contributed by atoms with Crippen molar-refractivity contribution >= 4 is 0 Å². The van der Waals surface area contributed by atoms with Gasteiger partial charge in [-0.3, -0.25) is 0 Å². The fourth-order valence-corrected chi connectivity index (χ4v) is 2.17. The van der Waals surface area contributed by atoms with E-state index in [1.165, 1.54) is 0 Å². The minimum atomic E-state index is -2.70. The minimum absolute atomic E-state index is 0.887. The maximum Gasteiger partial charge on any atom is 0.285 e. The molecule has 0 fully saturated rings. The average Bonchev–Trinajstić information content (AvgIpc) is 2.36. The molecule has 0 spiro atoms. The second-order valence-electron chi connectivity index (χ2n) is 3.27. The summed E-state index contributed by atoms with van der Waals surface area (Å²) < 4.78 is 99.0. The molecule has 0 aliphatic heterocycles. The van der Waals surface area contributed by atoms with Crippen LogP contribution in [0, 0.1) is 48.6 Å². The van der Waals surface area contributed by atoms with E-state index in [9.17, 15) is 37.3 Å². The molecule has 16 heteroatoms. The summed E-state index contributed by atoms with van der Waals surface area (Å²) in [5.41, 5.74) is -1.87. The lowest BCUT2D eigenvalue weighted by Gasteiger charge is -2.21. The van der Waals surface area contributed by atoms with Gasteiger partial charge < -0.3 is 37.3 Å². The van der Waals surface area contributed by atoms with Crippen LogP contribution in [0.3, 0.4) is 0 Å². The smallest absolute Gasteiger partial charge is 0.285 e. The summed E-state index contributed by atoms with van der Waals surface area (Å²) in [5, 5.41) is 0. The van der Waals surface area contributed by atoms with Crippen molar-refractivity contribution in [2.75, 3.05) is 26.4 Å². The van der Waals surface area contributed by atoms with Crippen molar-refractivity contribution in [3.8, 4) is 0 Å². The van der Waals surface area contributed by atoms with Crippen molar-refractivity contribution in [2.24, 2.45) is 5.41 Å². The average molecular weight is 402 g/mol. The third kappa shape index (κ3) is 11.8. The summed E-state index contributed by atoms with van der Waals surface area (Å²) in [6, 6.07) is 0. The first-order chi connectivity index (χ1) is 9.67. The molecule has 0 atom stereocenters. The monoisotopic (exact) mass is 400 g/mol. The molecular weight excluding hydrogens is 394 g/mol. The summed E-state index contributed by atoms with van der Waals surface area (Å²) in [6.45, 7) is -3.55. The zero-order valence-corrected chi connectivity index (χ0v) is 12.8. The van der Waals surface area contributed by atoms with Gasteiger partial charge in [-0.05, 0) is 0 Å². The predicted octanol–water partition coefficient (Wildman–Crippen LogP) is -9.62. The predicted molar refractivity (Wildman–Crippen MR) is 26.2 cm³/mol. The van der Waals surface area contributed by atoms with E-state index < -0.39 is 75.0 Å². The minimum Gasteiger partial charge on any atom is -0.320 e. The number of halogens is 4. The third-order valence-electron chi connectivity index (χ3n) is 1.80. The van der Waals surface area contributed by atoms with Crippen LogP contribution in [-0.2, 0) is 17.2 Å². The van der Waals surface area contributed by atoms with E-state index in [1.54, 1.807) is 0 Å². The Hall–Kier alpha value is 0.680. The number of hydrogen-bond donors (Lipinski definition) is 0. The highest BCUT2D eigenvalue weighted by atomic mass is 35.6. The van der Waals surface area contributed by atoms with Crippen LogP contribution in [0.5, 0.6) is 0 Å². The Bertz CT molecular complexity index is 211. The molecule has 0 bridgehead atoms. The quantitative estimate of drug-likeness (QED) is 0.297. The lowest BCUT2D eigenvalue weighted by Crippen LogP contribution is -2.50. The zero-order chi connectivity index (χ0) is 16.5. The lowest BCUT2D eigenvalue weighted by atomic mass is 9.93. The highest BCUT2D eigenvalue weighted by Gasteiger charge is 2.46. The van der Waals surface area contributed by atoms with E-state index in [2.05, 4.69) is 17.2 Å². The van der Waals surface area contributed by atoms with Gasteiger partial charge in [0.15, 0.2) is 26.4 Å². The van der Waals surface area contributed by atoms with Gasteiger partial charge in [-0.25, -0.2) is 0 Å². The van der Waals surface area contributed by atoms with Crippen LogP contribution in [0.25, 0.3) is 0 Å². The van der Waals surface area contributed by atoms with E-state index in [0.29, 0.717) is 0 Å². The van der Waals surface area contributed by atoms with Crippen molar-refractivity contribution in [1.29, 1.82) is 0 Å². The lowest BCUT2D eigenvalue weighted by molar-refractivity contribution is -1.63. The first-order valence-electron chi connectivity index (χ1n) is 4.42. The molecule has 0 saturated heterocycles. The molecular formula is C5H8Cl4O12. The topological polar surface area (TPSA) is 221 Å². The normalized spacial score (nSPS) is 13.1. The molecule has 0 heterocycles. The molecule has 0 N–H and O–H groups in total. The van der Waals surface area contributed by atoms with Crippen LogP contribution in [0.2, 0.25) is 0 Å². The van der Waals surface area contributed by atoms with E-state index in [1.807, 2.05) is 0 Å². The van der Waals surface area contributed by atoms with Gasteiger partial charge in [0.25, 0.3) is 43.1 Å². The van der Waals surface area contributed by atoms with Crippen molar-refractivity contribution < 1.29 is 97.6 Å². The Morgan fingerprint density at radius 3 is 0.810 bits per heavy atom. The molecule has 0 unspecified atom stereocenters. The van der Waals surface area contributed by atoms with E-state index in [-0.39, 0.29) is 0 Å². The van der Waals surface area contributed by atoms with Gasteiger partial charge in [-0.15, -0.1) is 0 Å². The fourth-order valence-electron chi connectivity index (χ4n) is 0.891. The van der Waals surface area contributed by atoms with Crippen LogP contribution in [0.4, 0.5) is 0 Å². The van der Waals surface area contributed by atoms with Gasteiger partial charge in [0.2, 0.25) is 0 Å². The van der Waals surface area contributed by atoms with E-state index in [0.717, 1.165) is 0 Å². The highest BCUT2D eigenvalue weighted by molar-refractivity contribution is 4.77. The van der Waals surface area contributed by atoms with Gasteiger partial charge in [0, 0.05) is 17.2 Å². The molecule has 0 aromatic heterocycles. The van der Waals surface area contributed by atoms with E-state index >= 15 is 0 Å². The molecule has 0 aromatic rings. The van der Waals surface area contributed by atoms with Crippen molar-refractivity contribution in [1.82, 2.24) is 0 Å². The van der Waals surface area contributed by atoms with E-state index in [4.69, 9.17) is 0 Å². The first kappa shape index (κ1) is 21.7. The number of hydrogen-bond acceptors (Lipinski definition) is 12. The molecule has 0 radical (unpaired) electrons. The second kappa shape index (κ2) is 11.3. The first-order valence-corrected chi connectivity index (χ1v) is 8.12. The zero-order valence-electron chi connectivity index (χ0n) is 9.74. The molecule has 0 saturated carbocycles. The van der Waals surface area contributed by atoms with Crippen molar-refractivity contribution in [3.63, 3.8) is 0 Å². The fraction of sp³-hybridized carbons (Fsp3) is 1.00. The maximum atomic E-state index is 10.3. The van der Waals surface area contributed by atoms with Crippen LogP contribution in [0.15, 0.2) is 0 Å². The molecule has 0 amide bonds. The number of rotatable bonds is 12. The molecule has 128 valence electrons. The third-order valence-corrected chi connectivity index (χ3v) is 2.95. The summed E-state index contributed by atoms with van der Waals surface area (Å²) in [5.74, 6) is 0. The van der Waals surface area contributed by atoms with Gasteiger partial charge in [-0.1, -0.05) is 0 Å². The highest BCUT2D eigenvalue weighted by Crippen LogP contribution is 2.22. The largest absolute Gasteiger partial charge is 0.320 e. The molecule has 21 heavy (non-hydrogen) atoms. The SMILES string of the molecule is [O-][Cl+2]([O-])OCC(CO[Cl+2]([O-])[O-])(CO[Cl+2]([O-])[O-])CO[Cl+2]([O-])[O-]. The molecule has 0 aromatic carbocycles. The van der Waals surface area contributed by atoms with Crippen LogP contribution < -0.4 is 37.3 Å². The summed E-state index contributed by atoms with van der Waals surface area (Å²) in [6.07, 6.45) is 0. The van der Waals surface area contributed by atoms with Gasteiger partial charge >= 0.3 is 0 Å². The Morgan fingerprint density at radius 2 is 0.667 bits per heavy atom. The Kier molecular flexibility index (Phi) is 11.6. The Labute approximate surface area is 130 Å². The van der Waals surface area contributed by atoms with Gasteiger partial charge in [0.05, 0.1) is 0 Å². The standard InChI is InChI=1S/C5H8Cl4O12/c10-6(11)18-1-5(2-19-7(12)13,3-20-8(14)15)4-21-9(16)17/h1-4H2. The molecule has 0 aliphatic rings. The summed E-state index contributed by atoms with van der Waals surface area (Å²) in [4.78, 5) is 0. The maximum absolute atomic E-state index is 10.3. The van der Waals surface area contributed by atoms with Crippen LogP contribution >= 0.6 is 0 Å². The molecule has 12 nitrogen and oxygen atoms in total. The van der Waals surface area contributed by atoms with Crippen LogP contribution in [-0.4, -0.2) is 26.4 Å². The molecule has 0 rings (SSSR count).